The van der Waals surface area contributed by atoms with Gasteiger partial charge in [0.25, 0.3) is 0 Å². The summed E-state index contributed by atoms with van der Waals surface area (Å²) in [4.78, 5) is 22.8. The number of carbonyl (C=O) groups is 2. The van der Waals surface area contributed by atoms with Crippen molar-refractivity contribution in [1.29, 1.82) is 0 Å². The molecule has 1 unspecified atom stereocenters. The Morgan fingerprint density at radius 3 is 2.68 bits per heavy atom. The van der Waals surface area contributed by atoms with E-state index in [4.69, 9.17) is 27.8 Å². The van der Waals surface area contributed by atoms with Gasteiger partial charge >= 0.3 is 0 Å². The minimum Gasteiger partial charge on any atom is -0.380 e. The van der Waals surface area contributed by atoms with Gasteiger partial charge in [0, 0.05) is 19.2 Å². The molecule has 0 aliphatic heterocycles. The number of nitrogens with two attached hydrogens (primary N) is 2. The number of amides is 2. The maximum absolute atomic E-state index is 11.8. The van der Waals surface area contributed by atoms with Crippen molar-refractivity contribution in [3.8, 4) is 0 Å². The van der Waals surface area contributed by atoms with Crippen LogP contribution in [-0.2, 0) is 9.53 Å². The predicted molar refractivity (Wildman–Crippen MR) is 73.1 cm³/mol. The molecule has 1 aromatic carbocycles. The fourth-order valence-corrected chi connectivity index (χ4v) is 1.61. The van der Waals surface area contributed by atoms with Gasteiger partial charge in [-0.15, -0.1) is 0 Å². The summed E-state index contributed by atoms with van der Waals surface area (Å²) >= 11 is 5.93. The van der Waals surface area contributed by atoms with E-state index >= 15 is 0 Å². The van der Waals surface area contributed by atoms with Gasteiger partial charge in [-0.1, -0.05) is 11.6 Å². The van der Waals surface area contributed by atoms with E-state index in [9.17, 15) is 9.59 Å². The minimum absolute atomic E-state index is 0.101. The van der Waals surface area contributed by atoms with Gasteiger partial charge in [-0.3, -0.25) is 9.59 Å². The highest BCUT2D eigenvalue weighted by atomic mass is 35.5. The summed E-state index contributed by atoms with van der Waals surface area (Å²) < 4.78 is 5.01. The number of benzene rings is 1. The van der Waals surface area contributed by atoms with Gasteiger partial charge in [0.2, 0.25) is 11.8 Å². The molecule has 1 rings (SSSR count). The van der Waals surface area contributed by atoms with E-state index in [2.05, 4.69) is 5.32 Å². The van der Waals surface area contributed by atoms with Gasteiger partial charge in [0.1, 0.15) is 0 Å². The molecule has 0 bridgehead atoms. The van der Waals surface area contributed by atoms with Gasteiger partial charge in [0.15, 0.2) is 0 Å². The van der Waals surface area contributed by atoms with Crippen LogP contribution in [0.15, 0.2) is 18.2 Å². The number of halogens is 1. The number of anilines is 1. The van der Waals surface area contributed by atoms with Gasteiger partial charge < -0.3 is 21.5 Å². The fraction of sp³-hybridized carbons (Fsp3) is 0.333. The van der Waals surface area contributed by atoms with Crippen LogP contribution in [0.3, 0.4) is 0 Å². The molecule has 19 heavy (non-hydrogen) atoms. The monoisotopic (exact) mass is 285 g/mol. The summed E-state index contributed by atoms with van der Waals surface area (Å²) in [6, 6.07) is 4.40. The molecule has 0 aliphatic rings. The van der Waals surface area contributed by atoms with Crippen LogP contribution >= 0.6 is 11.6 Å². The standard InChI is InChI=1S/C12H16ClN3O3/c1-19-8(6-14)5-11(17)16-10-4-7(12(15)18)2-3-9(10)13/h2-4,8H,5-6,14H2,1H3,(H2,15,18)(H,16,17). The van der Waals surface area contributed by atoms with Crippen molar-refractivity contribution in [2.45, 2.75) is 12.5 Å². The van der Waals surface area contributed by atoms with Crippen LogP contribution in [0.4, 0.5) is 5.69 Å². The molecule has 0 radical (unpaired) electrons. The molecule has 5 N–H and O–H groups in total. The Morgan fingerprint density at radius 1 is 1.47 bits per heavy atom. The summed E-state index contributed by atoms with van der Waals surface area (Å²) in [6.45, 7) is 0.235. The molecule has 104 valence electrons. The average molecular weight is 286 g/mol. The van der Waals surface area contributed by atoms with E-state index in [1.807, 2.05) is 0 Å². The lowest BCUT2D eigenvalue weighted by Gasteiger charge is -2.13. The number of hydrogen-bond donors (Lipinski definition) is 3. The molecular weight excluding hydrogens is 270 g/mol. The first kappa shape index (κ1) is 15.4. The molecule has 0 heterocycles. The lowest BCUT2D eigenvalue weighted by molar-refractivity contribution is -0.118. The van der Waals surface area contributed by atoms with Crippen molar-refractivity contribution in [1.82, 2.24) is 0 Å². The highest BCUT2D eigenvalue weighted by Crippen LogP contribution is 2.23. The van der Waals surface area contributed by atoms with Crippen molar-refractivity contribution in [3.05, 3.63) is 28.8 Å². The molecule has 0 fully saturated rings. The maximum Gasteiger partial charge on any atom is 0.248 e. The van der Waals surface area contributed by atoms with Crippen molar-refractivity contribution in [2.75, 3.05) is 19.0 Å². The van der Waals surface area contributed by atoms with Crippen LogP contribution in [0.5, 0.6) is 0 Å². The molecule has 6 nitrogen and oxygen atoms in total. The van der Waals surface area contributed by atoms with Crippen LogP contribution in [0, 0.1) is 0 Å². The van der Waals surface area contributed by atoms with Crippen LogP contribution in [0.1, 0.15) is 16.8 Å². The first-order valence-corrected chi connectivity index (χ1v) is 5.97. The smallest absolute Gasteiger partial charge is 0.248 e. The summed E-state index contributed by atoms with van der Waals surface area (Å²) in [6.07, 6.45) is -0.262. The van der Waals surface area contributed by atoms with E-state index in [1.165, 1.54) is 25.3 Å². The van der Waals surface area contributed by atoms with Crippen LogP contribution in [0.2, 0.25) is 5.02 Å². The van der Waals surface area contributed by atoms with Gasteiger partial charge in [-0.25, -0.2) is 0 Å². The third kappa shape index (κ3) is 4.51. The van der Waals surface area contributed by atoms with Crippen molar-refractivity contribution in [2.24, 2.45) is 11.5 Å². The number of nitrogens with one attached hydrogen (secondary N) is 1. The van der Waals surface area contributed by atoms with Gasteiger partial charge in [-0.05, 0) is 18.2 Å². The summed E-state index contributed by atoms with van der Waals surface area (Å²) in [5.74, 6) is -0.898. The summed E-state index contributed by atoms with van der Waals surface area (Å²) in [5.41, 5.74) is 11.2. The van der Waals surface area contributed by atoms with E-state index in [1.54, 1.807) is 0 Å². The first-order chi connectivity index (χ1) is 8.97. The fourth-order valence-electron chi connectivity index (χ4n) is 1.45. The number of ether oxygens (including phenoxy) is 1. The highest BCUT2D eigenvalue weighted by molar-refractivity contribution is 6.33. The molecule has 0 aliphatic carbocycles. The molecule has 0 saturated heterocycles. The molecule has 1 aromatic rings. The topological polar surface area (TPSA) is 107 Å². The van der Waals surface area contributed by atoms with Gasteiger partial charge in [-0.2, -0.15) is 0 Å². The lowest BCUT2D eigenvalue weighted by atomic mass is 10.2. The third-order valence-corrected chi connectivity index (χ3v) is 2.86. The summed E-state index contributed by atoms with van der Waals surface area (Å²) in [7, 11) is 1.48. The van der Waals surface area contributed by atoms with Crippen molar-refractivity contribution < 1.29 is 14.3 Å². The molecule has 0 saturated carbocycles. The molecular formula is C12H16ClN3O3. The largest absolute Gasteiger partial charge is 0.380 e. The van der Waals surface area contributed by atoms with Crippen molar-refractivity contribution in [3.63, 3.8) is 0 Å². The second-order valence-corrected chi connectivity index (χ2v) is 4.31. The van der Waals surface area contributed by atoms with E-state index in [-0.39, 0.29) is 30.5 Å². The van der Waals surface area contributed by atoms with Crippen LogP contribution in [0.25, 0.3) is 0 Å². The minimum atomic E-state index is -0.594. The highest BCUT2D eigenvalue weighted by Gasteiger charge is 2.13. The molecule has 7 heteroatoms. The SMILES string of the molecule is COC(CN)CC(=O)Nc1cc(C(N)=O)ccc1Cl. The Bertz CT molecular complexity index is 475. The number of hydrogen-bond acceptors (Lipinski definition) is 4. The van der Waals surface area contributed by atoms with Crippen LogP contribution in [-0.4, -0.2) is 31.6 Å². The average Bonchev–Trinajstić information content (AvgIpc) is 2.38. The number of carbonyl (C=O) groups excluding carboxylic acids is 2. The van der Waals surface area contributed by atoms with E-state index in [0.717, 1.165) is 0 Å². The first-order valence-electron chi connectivity index (χ1n) is 5.60. The Balaban J connectivity index is 2.78. The number of rotatable bonds is 6. The third-order valence-electron chi connectivity index (χ3n) is 2.53. The quantitative estimate of drug-likeness (QED) is 0.716. The molecule has 0 spiro atoms. The maximum atomic E-state index is 11.8. The number of primary amides is 1. The molecule has 0 aromatic heterocycles. The second kappa shape index (κ2) is 7.08. The Morgan fingerprint density at radius 2 is 2.16 bits per heavy atom. The zero-order valence-electron chi connectivity index (χ0n) is 10.5. The Hall–Kier alpha value is -1.63. The lowest BCUT2D eigenvalue weighted by Crippen LogP contribution is -2.28. The Kier molecular flexibility index (Phi) is 5.75. The van der Waals surface area contributed by atoms with E-state index < -0.39 is 5.91 Å². The number of methoxy groups -OCH3 is 1. The van der Waals surface area contributed by atoms with Crippen LogP contribution < -0.4 is 16.8 Å². The predicted octanol–water partition coefficient (Wildman–Crippen LogP) is 0.741. The van der Waals surface area contributed by atoms with E-state index in [0.29, 0.717) is 10.7 Å². The molecule has 2 amide bonds. The Labute approximate surface area is 116 Å². The molecule has 1 atom stereocenters. The zero-order chi connectivity index (χ0) is 14.4. The second-order valence-electron chi connectivity index (χ2n) is 3.90. The van der Waals surface area contributed by atoms with Crippen molar-refractivity contribution >= 4 is 29.1 Å². The zero-order valence-corrected chi connectivity index (χ0v) is 11.2. The summed E-state index contributed by atoms with van der Waals surface area (Å²) in [5, 5.41) is 2.91. The van der Waals surface area contributed by atoms with Gasteiger partial charge in [0.05, 0.1) is 23.2 Å². The normalized spacial score (nSPS) is 11.9.